The number of nitrogens with zero attached hydrogens (tertiary/aromatic N) is 3. The van der Waals surface area contributed by atoms with Crippen LogP contribution in [0.5, 0.6) is 6.01 Å². The van der Waals surface area contributed by atoms with Crippen LogP contribution in [0.15, 0.2) is 12.4 Å². The van der Waals surface area contributed by atoms with E-state index in [1.165, 1.54) is 0 Å². The molecule has 2 rings (SSSR count). The molecule has 1 aromatic heterocycles. The van der Waals surface area contributed by atoms with Crippen molar-refractivity contribution in [3.63, 3.8) is 0 Å². The van der Waals surface area contributed by atoms with Gasteiger partial charge in [-0.3, -0.25) is 4.79 Å². The summed E-state index contributed by atoms with van der Waals surface area (Å²) in [5.74, 6) is 0. The fourth-order valence-corrected chi connectivity index (χ4v) is 2.10. The Morgan fingerprint density at radius 2 is 2.05 bits per heavy atom. The number of ether oxygens (including phenoxy) is 1. The lowest BCUT2D eigenvalue weighted by Crippen LogP contribution is -2.48. The molecule has 1 saturated heterocycles. The summed E-state index contributed by atoms with van der Waals surface area (Å²) in [6, 6.07) is -0.269. The minimum absolute atomic E-state index is 0.109. The molecular formula is C12H14F3N3O2. The van der Waals surface area contributed by atoms with Crippen molar-refractivity contribution in [1.82, 2.24) is 14.9 Å². The number of hydrogen-bond acceptors (Lipinski definition) is 4. The number of likely N-dealkylation sites (tertiary alicyclic amines) is 1. The van der Waals surface area contributed by atoms with E-state index in [-0.39, 0.29) is 18.2 Å². The van der Waals surface area contributed by atoms with Crippen LogP contribution in [0.25, 0.3) is 0 Å². The largest absolute Gasteiger partial charge is 0.458 e. The third-order valence-corrected chi connectivity index (χ3v) is 3.31. The Morgan fingerprint density at radius 3 is 2.60 bits per heavy atom. The molecule has 1 aromatic rings. The van der Waals surface area contributed by atoms with Crippen LogP contribution in [-0.4, -0.2) is 40.0 Å². The van der Waals surface area contributed by atoms with Gasteiger partial charge in [-0.15, -0.1) is 0 Å². The lowest BCUT2D eigenvalue weighted by molar-refractivity contribution is -0.138. The number of carbonyl (C=O) groups is 1. The smallest absolute Gasteiger partial charge is 0.419 e. The minimum Gasteiger partial charge on any atom is -0.458 e. The maximum Gasteiger partial charge on any atom is 0.419 e. The first kappa shape index (κ1) is 14.5. The van der Waals surface area contributed by atoms with E-state index in [9.17, 15) is 18.0 Å². The molecule has 2 atom stereocenters. The molecule has 0 saturated carbocycles. The predicted octanol–water partition coefficient (Wildman–Crippen LogP) is 1.88. The van der Waals surface area contributed by atoms with E-state index in [4.69, 9.17) is 4.74 Å². The van der Waals surface area contributed by atoms with Gasteiger partial charge in [-0.05, 0) is 19.8 Å². The number of alkyl halides is 3. The maximum absolute atomic E-state index is 12.4. The number of piperidine rings is 1. The van der Waals surface area contributed by atoms with Gasteiger partial charge in [0.15, 0.2) is 0 Å². The highest BCUT2D eigenvalue weighted by Gasteiger charge is 2.32. The van der Waals surface area contributed by atoms with Crippen LogP contribution in [0.4, 0.5) is 13.2 Å². The number of hydrogen-bond donors (Lipinski definition) is 0. The molecule has 1 amide bonds. The summed E-state index contributed by atoms with van der Waals surface area (Å²) < 4.78 is 42.6. The molecule has 0 N–H and O–H groups in total. The van der Waals surface area contributed by atoms with E-state index in [1.54, 1.807) is 4.90 Å². The summed E-state index contributed by atoms with van der Waals surface area (Å²) in [6.45, 7) is 2.47. The van der Waals surface area contributed by atoms with Crippen molar-refractivity contribution in [2.45, 2.75) is 38.1 Å². The van der Waals surface area contributed by atoms with Crippen molar-refractivity contribution in [2.75, 3.05) is 6.54 Å². The molecule has 1 aliphatic rings. The lowest BCUT2D eigenvalue weighted by Gasteiger charge is -2.36. The number of rotatable bonds is 3. The summed E-state index contributed by atoms with van der Waals surface area (Å²) in [7, 11) is 0. The van der Waals surface area contributed by atoms with E-state index in [2.05, 4.69) is 9.97 Å². The fourth-order valence-electron chi connectivity index (χ4n) is 2.10. The number of carbonyl (C=O) groups excluding carboxylic acids is 1. The van der Waals surface area contributed by atoms with Crippen LogP contribution < -0.4 is 4.74 Å². The number of aromatic nitrogens is 2. The minimum atomic E-state index is -4.47. The van der Waals surface area contributed by atoms with Crippen molar-refractivity contribution in [3.05, 3.63) is 18.0 Å². The summed E-state index contributed by atoms with van der Waals surface area (Å²) in [6.07, 6.45) is -1.19. The first-order chi connectivity index (χ1) is 9.41. The highest BCUT2D eigenvalue weighted by Crippen LogP contribution is 2.28. The third kappa shape index (κ3) is 3.17. The third-order valence-electron chi connectivity index (χ3n) is 3.31. The standard InChI is InChI=1S/C12H14F3N3O2/c1-8-10(3-2-4-18(8)7-19)20-11-16-5-9(6-17-11)12(13,14)15/h5-8,10H,2-4H2,1H3/t8-,10+/m0/s1. The molecular weight excluding hydrogens is 275 g/mol. The summed E-state index contributed by atoms with van der Waals surface area (Å²) in [4.78, 5) is 19.6. The van der Waals surface area contributed by atoms with Crippen molar-refractivity contribution in [1.29, 1.82) is 0 Å². The summed E-state index contributed by atoms with van der Waals surface area (Å²) >= 11 is 0. The molecule has 0 aromatic carbocycles. The molecule has 2 heterocycles. The molecule has 5 nitrogen and oxygen atoms in total. The van der Waals surface area contributed by atoms with Crippen LogP contribution in [0.3, 0.4) is 0 Å². The van der Waals surface area contributed by atoms with Gasteiger partial charge in [0.25, 0.3) is 0 Å². The van der Waals surface area contributed by atoms with Crippen LogP contribution in [0, 0.1) is 0 Å². The first-order valence-electron chi connectivity index (χ1n) is 6.18. The van der Waals surface area contributed by atoms with Gasteiger partial charge in [-0.2, -0.15) is 13.2 Å². The Morgan fingerprint density at radius 1 is 1.40 bits per heavy atom. The molecule has 1 aliphatic heterocycles. The highest BCUT2D eigenvalue weighted by molar-refractivity contribution is 5.48. The average molecular weight is 289 g/mol. The van der Waals surface area contributed by atoms with Gasteiger partial charge in [0, 0.05) is 18.9 Å². The second-order valence-electron chi connectivity index (χ2n) is 4.63. The van der Waals surface area contributed by atoms with Crippen molar-refractivity contribution < 1.29 is 22.7 Å². The second-order valence-corrected chi connectivity index (χ2v) is 4.63. The summed E-state index contributed by atoms with van der Waals surface area (Å²) in [5.41, 5.74) is -0.920. The maximum atomic E-state index is 12.4. The number of halogens is 3. The predicted molar refractivity (Wildman–Crippen MR) is 62.9 cm³/mol. The van der Waals surface area contributed by atoms with E-state index in [0.717, 1.165) is 12.8 Å². The van der Waals surface area contributed by atoms with E-state index < -0.39 is 11.7 Å². The molecule has 20 heavy (non-hydrogen) atoms. The zero-order chi connectivity index (χ0) is 14.8. The molecule has 1 fully saturated rings. The van der Waals surface area contributed by atoms with Gasteiger partial charge in [-0.25, -0.2) is 9.97 Å². The van der Waals surface area contributed by atoms with Crippen LogP contribution >= 0.6 is 0 Å². The van der Waals surface area contributed by atoms with Gasteiger partial charge < -0.3 is 9.64 Å². The van der Waals surface area contributed by atoms with E-state index in [1.807, 2.05) is 6.92 Å². The molecule has 0 radical (unpaired) electrons. The van der Waals surface area contributed by atoms with E-state index >= 15 is 0 Å². The van der Waals surface area contributed by atoms with Gasteiger partial charge >= 0.3 is 12.2 Å². The monoisotopic (exact) mass is 289 g/mol. The molecule has 0 spiro atoms. The molecule has 0 aliphatic carbocycles. The first-order valence-corrected chi connectivity index (χ1v) is 6.18. The Balaban J connectivity index is 2.04. The number of amides is 1. The SMILES string of the molecule is C[C@H]1[C@H](Oc2ncc(C(F)(F)F)cn2)CCCN1C=O. The quantitative estimate of drug-likeness (QED) is 0.797. The van der Waals surface area contributed by atoms with Gasteiger partial charge in [0.05, 0.1) is 11.6 Å². The van der Waals surface area contributed by atoms with Crippen LogP contribution in [0.2, 0.25) is 0 Å². The van der Waals surface area contributed by atoms with Crippen molar-refractivity contribution in [2.24, 2.45) is 0 Å². The highest BCUT2D eigenvalue weighted by atomic mass is 19.4. The van der Waals surface area contributed by atoms with Crippen molar-refractivity contribution >= 4 is 6.41 Å². The zero-order valence-corrected chi connectivity index (χ0v) is 10.8. The van der Waals surface area contributed by atoms with Crippen molar-refractivity contribution in [3.8, 4) is 6.01 Å². The van der Waals surface area contributed by atoms with Gasteiger partial charge in [-0.1, -0.05) is 0 Å². The fraction of sp³-hybridized carbons (Fsp3) is 0.583. The van der Waals surface area contributed by atoms with Crippen LogP contribution in [0.1, 0.15) is 25.3 Å². The van der Waals surface area contributed by atoms with Crippen LogP contribution in [-0.2, 0) is 11.0 Å². The molecule has 110 valence electrons. The average Bonchev–Trinajstić information content (AvgIpc) is 2.41. The second kappa shape index (κ2) is 5.64. The van der Waals surface area contributed by atoms with E-state index in [0.29, 0.717) is 25.4 Å². The Labute approximate surface area is 113 Å². The van der Waals surface area contributed by atoms with Gasteiger partial charge in [0.1, 0.15) is 6.10 Å². The molecule has 8 heteroatoms. The Kier molecular flexibility index (Phi) is 4.10. The Bertz CT molecular complexity index is 464. The Hall–Kier alpha value is -1.86. The lowest BCUT2D eigenvalue weighted by atomic mass is 10.0. The zero-order valence-electron chi connectivity index (χ0n) is 10.8. The topological polar surface area (TPSA) is 55.3 Å². The van der Waals surface area contributed by atoms with Gasteiger partial charge in [0.2, 0.25) is 6.41 Å². The molecule has 0 bridgehead atoms. The molecule has 0 unspecified atom stereocenters. The summed E-state index contributed by atoms with van der Waals surface area (Å²) in [5, 5.41) is 0. The normalized spacial score (nSPS) is 23.5.